The van der Waals surface area contributed by atoms with Crippen LogP contribution >= 0.6 is 23.8 Å². The number of thiocarbonyl (C=S) groups is 1. The molecular formula is C21H21ClN4OS. The smallest absolute Gasteiger partial charge is 0.209 e. The van der Waals surface area contributed by atoms with E-state index < -0.39 is 0 Å². The first-order valence-corrected chi connectivity index (χ1v) is 9.56. The first kappa shape index (κ1) is 20.0. The maximum atomic E-state index is 12.9. The van der Waals surface area contributed by atoms with E-state index in [0.717, 1.165) is 22.6 Å². The highest BCUT2D eigenvalue weighted by Gasteiger charge is 2.18. The first-order valence-electron chi connectivity index (χ1n) is 8.78. The fourth-order valence-corrected chi connectivity index (χ4v) is 3.29. The summed E-state index contributed by atoms with van der Waals surface area (Å²) in [6.07, 6.45) is 2.37. The molecule has 0 aliphatic rings. The van der Waals surface area contributed by atoms with E-state index in [4.69, 9.17) is 23.8 Å². The van der Waals surface area contributed by atoms with Gasteiger partial charge >= 0.3 is 0 Å². The summed E-state index contributed by atoms with van der Waals surface area (Å²) in [6, 6.07) is 12.9. The molecule has 0 saturated heterocycles. The summed E-state index contributed by atoms with van der Waals surface area (Å²) in [7, 11) is 3.67. The molecule has 0 atom stereocenters. The number of hydrogen-bond donors (Lipinski definition) is 2. The van der Waals surface area contributed by atoms with Gasteiger partial charge in [0.1, 0.15) is 0 Å². The predicted octanol–water partition coefficient (Wildman–Crippen LogP) is 4.12. The molecule has 0 saturated carbocycles. The normalized spacial score (nSPS) is 10.6. The van der Waals surface area contributed by atoms with Crippen LogP contribution in [-0.4, -0.2) is 27.5 Å². The molecule has 0 spiro atoms. The average molecular weight is 413 g/mol. The zero-order chi connectivity index (χ0) is 20.3. The number of aryl methyl sites for hydroxylation is 1. The Hall–Kier alpha value is -2.70. The number of rotatable bonds is 5. The molecule has 0 aliphatic heterocycles. The van der Waals surface area contributed by atoms with Crippen LogP contribution in [0.4, 0.5) is 5.69 Å². The highest BCUT2D eigenvalue weighted by Crippen LogP contribution is 2.21. The molecule has 5 nitrogen and oxygen atoms in total. The van der Waals surface area contributed by atoms with E-state index >= 15 is 0 Å². The second-order valence-corrected chi connectivity index (χ2v) is 7.33. The summed E-state index contributed by atoms with van der Waals surface area (Å²) in [5.41, 5.74) is 4.99. The molecule has 1 aromatic carbocycles. The lowest BCUT2D eigenvalue weighted by Gasteiger charge is -2.09. The Labute approximate surface area is 174 Å². The van der Waals surface area contributed by atoms with Crippen molar-refractivity contribution in [3.05, 3.63) is 81.9 Å². The van der Waals surface area contributed by atoms with Crippen molar-refractivity contribution in [3.8, 4) is 0 Å². The van der Waals surface area contributed by atoms with Crippen LogP contribution in [0, 0.1) is 6.92 Å². The molecule has 2 aromatic heterocycles. The zero-order valence-electron chi connectivity index (χ0n) is 15.9. The number of aromatic nitrogens is 2. The third-order valence-corrected chi connectivity index (χ3v) is 5.07. The van der Waals surface area contributed by atoms with Gasteiger partial charge in [0.15, 0.2) is 5.11 Å². The molecule has 0 amide bonds. The van der Waals surface area contributed by atoms with Crippen LogP contribution in [0.15, 0.2) is 48.7 Å². The van der Waals surface area contributed by atoms with E-state index in [-0.39, 0.29) is 5.78 Å². The standard InChI is InChI=1S/C21H21ClN4OS/c1-13-10-18(11-16-8-9-17(12-24-16)25-21(28)23-2)26(3)19(13)20(27)14-4-6-15(22)7-5-14/h4-10,12H,11H2,1-3H3,(H2,23,25,28). The van der Waals surface area contributed by atoms with E-state index in [0.29, 0.717) is 27.8 Å². The van der Waals surface area contributed by atoms with Crippen LogP contribution < -0.4 is 10.6 Å². The van der Waals surface area contributed by atoms with Crippen LogP contribution in [0.1, 0.15) is 33.0 Å². The molecule has 3 rings (SSSR count). The molecule has 2 heterocycles. The highest BCUT2D eigenvalue weighted by atomic mass is 35.5. The molecule has 2 N–H and O–H groups in total. The third-order valence-electron chi connectivity index (χ3n) is 4.52. The Morgan fingerprint density at radius 1 is 1.21 bits per heavy atom. The fraction of sp³-hybridized carbons (Fsp3) is 0.190. The lowest BCUT2D eigenvalue weighted by Crippen LogP contribution is -2.24. The van der Waals surface area contributed by atoms with Gasteiger partial charge in [-0.3, -0.25) is 9.78 Å². The molecule has 0 radical (unpaired) electrons. The van der Waals surface area contributed by atoms with Crippen LogP contribution in [-0.2, 0) is 13.5 Å². The number of nitrogens with one attached hydrogen (secondary N) is 2. The SMILES string of the molecule is CNC(=S)Nc1ccc(Cc2cc(C)c(C(=O)c3ccc(Cl)cc3)n2C)nc1. The predicted molar refractivity (Wildman–Crippen MR) is 117 cm³/mol. The number of hydrogen-bond acceptors (Lipinski definition) is 3. The van der Waals surface area contributed by atoms with Crippen molar-refractivity contribution in [2.24, 2.45) is 7.05 Å². The number of pyridine rings is 1. The van der Waals surface area contributed by atoms with Gasteiger partial charge in [0.25, 0.3) is 0 Å². The van der Waals surface area contributed by atoms with Gasteiger partial charge < -0.3 is 15.2 Å². The molecule has 0 bridgehead atoms. The van der Waals surface area contributed by atoms with E-state index in [9.17, 15) is 4.79 Å². The zero-order valence-corrected chi connectivity index (χ0v) is 17.5. The number of benzene rings is 1. The monoisotopic (exact) mass is 412 g/mol. The van der Waals surface area contributed by atoms with Gasteiger partial charge in [0.05, 0.1) is 17.6 Å². The molecule has 0 aliphatic carbocycles. The van der Waals surface area contributed by atoms with Crippen molar-refractivity contribution in [1.29, 1.82) is 0 Å². The average Bonchev–Trinajstić information content (AvgIpc) is 2.96. The molecule has 7 heteroatoms. The number of halogens is 1. The fourth-order valence-electron chi connectivity index (χ4n) is 3.04. The minimum atomic E-state index is -0.0176. The van der Waals surface area contributed by atoms with Crippen molar-refractivity contribution in [3.63, 3.8) is 0 Å². The minimum absolute atomic E-state index is 0.0176. The van der Waals surface area contributed by atoms with Crippen LogP contribution in [0.5, 0.6) is 0 Å². The number of ketones is 1. The van der Waals surface area contributed by atoms with Gasteiger partial charge in [0, 0.05) is 42.5 Å². The summed E-state index contributed by atoms with van der Waals surface area (Å²) in [4.78, 5) is 17.4. The Kier molecular flexibility index (Phi) is 6.11. The van der Waals surface area contributed by atoms with Gasteiger partial charge in [-0.05, 0) is 67.2 Å². The number of nitrogens with zero attached hydrogens (tertiary/aromatic N) is 2. The van der Waals surface area contributed by atoms with E-state index in [1.54, 1.807) is 37.5 Å². The quantitative estimate of drug-likeness (QED) is 0.487. The van der Waals surface area contributed by atoms with Crippen molar-refractivity contribution in [1.82, 2.24) is 14.9 Å². The summed E-state index contributed by atoms with van der Waals surface area (Å²) in [5, 5.41) is 7.06. The van der Waals surface area contributed by atoms with Crippen molar-refractivity contribution in [2.75, 3.05) is 12.4 Å². The highest BCUT2D eigenvalue weighted by molar-refractivity contribution is 7.80. The summed E-state index contributed by atoms with van der Waals surface area (Å²) in [6.45, 7) is 1.95. The van der Waals surface area contributed by atoms with E-state index in [1.165, 1.54) is 0 Å². The number of carbonyl (C=O) groups is 1. The van der Waals surface area contributed by atoms with Crippen molar-refractivity contribution in [2.45, 2.75) is 13.3 Å². The molecule has 144 valence electrons. The molecule has 28 heavy (non-hydrogen) atoms. The molecule has 0 unspecified atom stereocenters. The van der Waals surface area contributed by atoms with Crippen LogP contribution in [0.3, 0.4) is 0 Å². The van der Waals surface area contributed by atoms with Crippen LogP contribution in [0.2, 0.25) is 5.02 Å². The van der Waals surface area contributed by atoms with Crippen LogP contribution in [0.25, 0.3) is 0 Å². The van der Waals surface area contributed by atoms with Gasteiger partial charge in [-0.1, -0.05) is 11.6 Å². The van der Waals surface area contributed by atoms with Gasteiger partial charge in [-0.15, -0.1) is 0 Å². The molecular weight excluding hydrogens is 392 g/mol. The third kappa shape index (κ3) is 4.40. The minimum Gasteiger partial charge on any atom is -0.366 e. The second kappa shape index (κ2) is 8.54. The second-order valence-electron chi connectivity index (χ2n) is 6.48. The summed E-state index contributed by atoms with van der Waals surface area (Å²) in [5.74, 6) is -0.0176. The van der Waals surface area contributed by atoms with E-state index in [2.05, 4.69) is 15.6 Å². The number of carbonyl (C=O) groups excluding carboxylic acids is 1. The van der Waals surface area contributed by atoms with Crippen molar-refractivity contribution < 1.29 is 4.79 Å². The van der Waals surface area contributed by atoms with Crippen molar-refractivity contribution >= 4 is 40.4 Å². The first-order chi connectivity index (χ1) is 13.4. The molecule has 0 fully saturated rings. The lowest BCUT2D eigenvalue weighted by atomic mass is 10.1. The summed E-state index contributed by atoms with van der Waals surface area (Å²) >= 11 is 11.0. The van der Waals surface area contributed by atoms with E-state index in [1.807, 2.05) is 36.7 Å². The van der Waals surface area contributed by atoms with Gasteiger partial charge in [-0.25, -0.2) is 0 Å². The Balaban J connectivity index is 1.81. The Morgan fingerprint density at radius 3 is 2.54 bits per heavy atom. The maximum absolute atomic E-state index is 12.9. The largest absolute Gasteiger partial charge is 0.366 e. The Bertz CT molecular complexity index is 1010. The van der Waals surface area contributed by atoms with Gasteiger partial charge in [-0.2, -0.15) is 0 Å². The number of anilines is 1. The summed E-state index contributed by atoms with van der Waals surface area (Å²) < 4.78 is 1.94. The topological polar surface area (TPSA) is 58.9 Å². The maximum Gasteiger partial charge on any atom is 0.209 e. The molecule has 3 aromatic rings. The lowest BCUT2D eigenvalue weighted by molar-refractivity contribution is 0.103. The van der Waals surface area contributed by atoms with Gasteiger partial charge in [0.2, 0.25) is 5.78 Å². The Morgan fingerprint density at radius 2 is 1.93 bits per heavy atom.